The van der Waals surface area contributed by atoms with Crippen molar-refractivity contribution in [2.75, 3.05) is 0 Å². The largest absolute Gasteiger partial charge is 0.480 e. The van der Waals surface area contributed by atoms with Gasteiger partial charge in [-0.25, -0.2) is 0 Å². The Kier molecular flexibility index (Phi) is 4.21. The number of hydrogen-bond donors (Lipinski definition) is 2. The first-order valence-corrected chi connectivity index (χ1v) is 6.76. The molecule has 0 aliphatic carbocycles. The molecule has 100 valence electrons. The minimum atomic E-state index is -0.952. The molecular weight excluding hydrogens is 264 g/mol. The Morgan fingerprint density at radius 2 is 2.16 bits per heavy atom. The summed E-state index contributed by atoms with van der Waals surface area (Å²) in [5.74, 6) is -1.08. The van der Waals surface area contributed by atoms with Crippen LogP contribution in [0, 0.1) is 0 Å². The number of carbonyl (C=O) groups is 2. The normalized spacial score (nSPS) is 20.4. The van der Waals surface area contributed by atoms with E-state index >= 15 is 0 Å². The number of amides is 1. The fraction of sp³-hybridized carbons (Fsp3) is 0.308. The van der Waals surface area contributed by atoms with Crippen LogP contribution in [0.3, 0.4) is 0 Å². The van der Waals surface area contributed by atoms with Gasteiger partial charge in [0.15, 0.2) is 5.17 Å². The van der Waals surface area contributed by atoms with E-state index in [1.54, 1.807) is 24.3 Å². The molecule has 1 aliphatic heterocycles. The lowest BCUT2D eigenvalue weighted by atomic mass is 10.1. The molecule has 19 heavy (non-hydrogen) atoms. The first-order chi connectivity index (χ1) is 9.06. The molecule has 0 bridgehead atoms. The number of rotatable bonds is 3. The SMILES string of the molecule is C[C@H]1CC(=O)NC(S[C@H](C(=O)O)c2ccccc2)=N1. The molecule has 0 saturated carbocycles. The highest BCUT2D eigenvalue weighted by atomic mass is 32.2. The van der Waals surface area contributed by atoms with Crippen molar-refractivity contribution in [2.45, 2.75) is 24.6 Å². The molecule has 0 spiro atoms. The summed E-state index contributed by atoms with van der Waals surface area (Å²) in [7, 11) is 0. The van der Waals surface area contributed by atoms with E-state index in [1.165, 1.54) is 0 Å². The van der Waals surface area contributed by atoms with Gasteiger partial charge in [0.25, 0.3) is 0 Å². The van der Waals surface area contributed by atoms with Crippen molar-refractivity contribution in [3.63, 3.8) is 0 Å². The molecule has 5 nitrogen and oxygen atoms in total. The van der Waals surface area contributed by atoms with Crippen molar-refractivity contribution in [3.8, 4) is 0 Å². The third-order valence-electron chi connectivity index (χ3n) is 2.62. The molecule has 0 saturated heterocycles. The number of carbonyl (C=O) groups excluding carboxylic acids is 1. The van der Waals surface area contributed by atoms with Crippen LogP contribution >= 0.6 is 11.8 Å². The summed E-state index contributed by atoms with van der Waals surface area (Å²) in [4.78, 5) is 27.0. The third kappa shape index (κ3) is 3.57. The standard InChI is InChI=1S/C13H14N2O3S/c1-8-7-10(16)15-13(14-8)19-11(12(17)18)9-5-3-2-4-6-9/h2-6,8,11H,7H2,1H3,(H,17,18)(H,14,15,16)/t8-,11-/m0/s1. The molecule has 1 amide bonds. The van der Waals surface area contributed by atoms with Gasteiger partial charge in [0.05, 0.1) is 6.04 Å². The van der Waals surface area contributed by atoms with E-state index < -0.39 is 11.2 Å². The molecule has 2 N–H and O–H groups in total. The van der Waals surface area contributed by atoms with Crippen molar-refractivity contribution in [2.24, 2.45) is 4.99 Å². The van der Waals surface area contributed by atoms with Crippen molar-refractivity contribution in [3.05, 3.63) is 35.9 Å². The second-order valence-electron chi connectivity index (χ2n) is 4.28. The van der Waals surface area contributed by atoms with Crippen LogP contribution in [0.25, 0.3) is 0 Å². The summed E-state index contributed by atoms with van der Waals surface area (Å²) in [5, 5.41) is 11.5. The topological polar surface area (TPSA) is 78.8 Å². The first kappa shape index (κ1) is 13.6. The van der Waals surface area contributed by atoms with E-state index in [0.717, 1.165) is 11.8 Å². The number of carboxylic acids is 1. The number of hydrogen-bond acceptors (Lipinski definition) is 4. The number of aliphatic imine (C=N–C) groups is 1. The Labute approximate surface area is 115 Å². The van der Waals surface area contributed by atoms with E-state index in [1.807, 2.05) is 13.0 Å². The maximum atomic E-state index is 11.4. The minimum Gasteiger partial charge on any atom is -0.480 e. The summed E-state index contributed by atoms with van der Waals surface area (Å²) >= 11 is 1.05. The monoisotopic (exact) mass is 278 g/mol. The van der Waals surface area contributed by atoms with Crippen LogP contribution in [0.2, 0.25) is 0 Å². The number of benzene rings is 1. The highest BCUT2D eigenvalue weighted by Crippen LogP contribution is 2.30. The third-order valence-corrected chi connectivity index (χ3v) is 3.76. The van der Waals surface area contributed by atoms with Gasteiger partial charge in [0.1, 0.15) is 5.25 Å². The quantitative estimate of drug-likeness (QED) is 0.883. The second kappa shape index (κ2) is 5.88. The summed E-state index contributed by atoms with van der Waals surface area (Å²) in [6, 6.07) is 8.79. The first-order valence-electron chi connectivity index (χ1n) is 5.88. The van der Waals surface area contributed by atoms with Crippen LogP contribution in [-0.2, 0) is 9.59 Å². The molecule has 1 aliphatic rings. The van der Waals surface area contributed by atoms with E-state index in [-0.39, 0.29) is 11.9 Å². The number of thioether (sulfide) groups is 1. The summed E-state index contributed by atoms with van der Waals surface area (Å²) in [5.41, 5.74) is 0.676. The Morgan fingerprint density at radius 3 is 2.74 bits per heavy atom. The zero-order valence-electron chi connectivity index (χ0n) is 10.4. The van der Waals surface area contributed by atoms with Crippen molar-refractivity contribution in [1.29, 1.82) is 0 Å². The summed E-state index contributed by atoms with van der Waals surface area (Å²) < 4.78 is 0. The van der Waals surface area contributed by atoms with Crippen LogP contribution in [0.1, 0.15) is 24.2 Å². The van der Waals surface area contributed by atoms with Gasteiger partial charge in [-0.15, -0.1) is 0 Å². The fourth-order valence-corrected chi connectivity index (χ4v) is 2.81. The van der Waals surface area contributed by atoms with Crippen LogP contribution in [0.15, 0.2) is 35.3 Å². The predicted octanol–water partition coefficient (Wildman–Crippen LogP) is 1.81. The van der Waals surface area contributed by atoms with E-state index in [4.69, 9.17) is 0 Å². The number of amidine groups is 1. The number of nitrogens with zero attached hydrogens (tertiary/aromatic N) is 1. The van der Waals surface area contributed by atoms with Crippen LogP contribution in [-0.4, -0.2) is 28.2 Å². The maximum absolute atomic E-state index is 11.4. The fourth-order valence-electron chi connectivity index (χ4n) is 1.78. The molecule has 1 heterocycles. The molecule has 0 aromatic heterocycles. The van der Waals surface area contributed by atoms with Crippen LogP contribution < -0.4 is 5.32 Å². The van der Waals surface area contributed by atoms with Crippen molar-refractivity contribution in [1.82, 2.24) is 5.32 Å². The van der Waals surface area contributed by atoms with Gasteiger partial charge >= 0.3 is 5.97 Å². The highest BCUT2D eigenvalue weighted by Gasteiger charge is 2.26. The van der Waals surface area contributed by atoms with Crippen LogP contribution in [0.5, 0.6) is 0 Å². The Bertz CT molecular complexity index is 516. The second-order valence-corrected chi connectivity index (χ2v) is 5.38. The van der Waals surface area contributed by atoms with Crippen molar-refractivity contribution >= 4 is 28.8 Å². The lowest BCUT2D eigenvalue weighted by Crippen LogP contribution is -2.36. The highest BCUT2D eigenvalue weighted by molar-refractivity contribution is 8.14. The summed E-state index contributed by atoms with van der Waals surface area (Å²) in [6.07, 6.45) is 0.340. The number of carboxylic acid groups (broad SMARTS) is 1. The Morgan fingerprint density at radius 1 is 1.47 bits per heavy atom. The zero-order valence-corrected chi connectivity index (χ0v) is 11.2. The van der Waals surface area contributed by atoms with Gasteiger partial charge < -0.3 is 10.4 Å². The van der Waals surface area contributed by atoms with Gasteiger partial charge in [-0.05, 0) is 12.5 Å². The lowest BCUT2D eigenvalue weighted by molar-refractivity contribution is -0.136. The molecule has 0 unspecified atom stereocenters. The Balaban J connectivity index is 2.18. The molecule has 1 aromatic carbocycles. The average molecular weight is 278 g/mol. The number of nitrogens with one attached hydrogen (secondary N) is 1. The number of aliphatic carboxylic acids is 1. The molecule has 0 radical (unpaired) electrons. The molecular formula is C13H14N2O3S. The van der Waals surface area contributed by atoms with Gasteiger partial charge in [-0.2, -0.15) is 0 Å². The van der Waals surface area contributed by atoms with Gasteiger partial charge in [-0.1, -0.05) is 42.1 Å². The minimum absolute atomic E-state index is 0.110. The van der Waals surface area contributed by atoms with Gasteiger partial charge in [0.2, 0.25) is 5.91 Å². The molecule has 2 rings (SSSR count). The van der Waals surface area contributed by atoms with Gasteiger partial charge in [-0.3, -0.25) is 14.6 Å². The molecule has 6 heteroatoms. The maximum Gasteiger partial charge on any atom is 0.321 e. The zero-order chi connectivity index (χ0) is 13.8. The van der Waals surface area contributed by atoms with Crippen LogP contribution in [0.4, 0.5) is 0 Å². The average Bonchev–Trinajstić information content (AvgIpc) is 2.35. The molecule has 1 aromatic rings. The molecule has 2 atom stereocenters. The molecule has 0 fully saturated rings. The Hall–Kier alpha value is -1.82. The smallest absolute Gasteiger partial charge is 0.321 e. The van der Waals surface area contributed by atoms with Gasteiger partial charge in [0, 0.05) is 6.42 Å². The predicted molar refractivity (Wildman–Crippen MR) is 74.1 cm³/mol. The summed E-state index contributed by atoms with van der Waals surface area (Å²) in [6.45, 7) is 1.83. The van der Waals surface area contributed by atoms with Crippen molar-refractivity contribution < 1.29 is 14.7 Å². The van der Waals surface area contributed by atoms with E-state index in [2.05, 4.69) is 10.3 Å². The van der Waals surface area contributed by atoms with E-state index in [9.17, 15) is 14.7 Å². The lowest BCUT2D eigenvalue weighted by Gasteiger charge is -2.20. The van der Waals surface area contributed by atoms with E-state index in [0.29, 0.717) is 17.2 Å².